The smallest absolute Gasteiger partial charge is 0.287 e. The van der Waals surface area contributed by atoms with Crippen LogP contribution in [0.4, 0.5) is 0 Å². The predicted molar refractivity (Wildman–Crippen MR) is 86.7 cm³/mol. The number of benzene rings is 1. The highest BCUT2D eigenvalue weighted by Crippen LogP contribution is 2.31. The fraction of sp³-hybridized carbons (Fsp3) is 0.438. The summed E-state index contributed by atoms with van der Waals surface area (Å²) < 4.78 is 5.62. The Morgan fingerprint density at radius 1 is 1.23 bits per heavy atom. The number of rotatable bonds is 2. The number of nitrogens with zero attached hydrogens (tertiary/aromatic N) is 1. The highest BCUT2D eigenvalue weighted by Gasteiger charge is 2.35. The van der Waals surface area contributed by atoms with Crippen molar-refractivity contribution < 1.29 is 9.21 Å². The Labute approximate surface area is 138 Å². The van der Waals surface area contributed by atoms with Gasteiger partial charge in [-0.1, -0.05) is 23.2 Å². The number of carbonyl (C=O) groups excluding carboxylic acids is 1. The third kappa shape index (κ3) is 2.49. The van der Waals surface area contributed by atoms with Crippen LogP contribution in [-0.2, 0) is 0 Å². The largest absolute Gasteiger partial charge is 0.449 e. The number of carbonyl (C=O) groups is 1. The van der Waals surface area contributed by atoms with Gasteiger partial charge in [-0.25, -0.2) is 0 Å². The van der Waals surface area contributed by atoms with E-state index in [0.717, 1.165) is 37.9 Å². The number of hydrogen-bond acceptors (Lipinski definition) is 3. The molecule has 2 aromatic rings. The summed E-state index contributed by atoms with van der Waals surface area (Å²) in [4.78, 5) is 14.9. The van der Waals surface area contributed by atoms with Gasteiger partial charge in [0, 0.05) is 23.0 Å². The van der Waals surface area contributed by atoms with Crippen LogP contribution in [0.2, 0.25) is 10.0 Å². The first-order valence-corrected chi connectivity index (χ1v) is 8.27. The van der Waals surface area contributed by atoms with E-state index < -0.39 is 0 Å². The second-order valence-electron chi connectivity index (χ2n) is 6.13. The molecule has 4 nitrogen and oxygen atoms in total. The quantitative estimate of drug-likeness (QED) is 0.910. The van der Waals surface area contributed by atoms with E-state index in [1.165, 1.54) is 0 Å². The first kappa shape index (κ1) is 14.4. The highest BCUT2D eigenvalue weighted by molar-refractivity contribution is 6.38. The van der Waals surface area contributed by atoms with Crippen LogP contribution < -0.4 is 5.32 Å². The third-order valence-corrected chi connectivity index (χ3v) is 5.23. The zero-order valence-corrected chi connectivity index (χ0v) is 13.5. The molecule has 1 atom stereocenters. The summed E-state index contributed by atoms with van der Waals surface area (Å²) in [6, 6.07) is 5.27. The van der Waals surface area contributed by atoms with E-state index in [-0.39, 0.29) is 17.7 Å². The second kappa shape index (κ2) is 5.44. The zero-order chi connectivity index (χ0) is 15.3. The van der Waals surface area contributed by atoms with Crippen molar-refractivity contribution >= 4 is 40.1 Å². The van der Waals surface area contributed by atoms with Gasteiger partial charge in [0.15, 0.2) is 11.3 Å². The Kier molecular flexibility index (Phi) is 3.56. The van der Waals surface area contributed by atoms with Crippen LogP contribution in [-0.4, -0.2) is 36.5 Å². The summed E-state index contributed by atoms with van der Waals surface area (Å²) in [5, 5.41) is 4.81. The minimum absolute atomic E-state index is 0.179. The molecule has 1 aromatic heterocycles. The van der Waals surface area contributed by atoms with E-state index in [1.807, 2.05) is 0 Å². The summed E-state index contributed by atoms with van der Waals surface area (Å²) in [5.41, 5.74) is 0.505. The first-order chi connectivity index (χ1) is 10.6. The Hall–Kier alpha value is -1.23. The minimum atomic E-state index is -0.179. The third-order valence-electron chi connectivity index (χ3n) is 4.73. The van der Waals surface area contributed by atoms with E-state index in [0.29, 0.717) is 21.5 Å². The maximum Gasteiger partial charge on any atom is 0.287 e. The lowest BCUT2D eigenvalue weighted by atomic mass is 9.84. The van der Waals surface area contributed by atoms with Gasteiger partial charge < -0.3 is 14.6 Å². The predicted octanol–water partition coefficient (Wildman–Crippen LogP) is 3.56. The molecule has 0 spiro atoms. The van der Waals surface area contributed by atoms with Gasteiger partial charge in [-0.3, -0.25) is 4.79 Å². The molecule has 1 aromatic carbocycles. The summed E-state index contributed by atoms with van der Waals surface area (Å²) in [6.45, 7) is 3.23. The van der Waals surface area contributed by atoms with Crippen molar-refractivity contribution in [3.63, 3.8) is 0 Å². The van der Waals surface area contributed by atoms with E-state index in [1.54, 1.807) is 18.2 Å². The van der Waals surface area contributed by atoms with Crippen molar-refractivity contribution in [3.8, 4) is 0 Å². The van der Waals surface area contributed by atoms with Crippen LogP contribution in [0.5, 0.6) is 0 Å². The molecular weight excluding hydrogens is 323 g/mol. The molecule has 3 saturated heterocycles. The topological polar surface area (TPSA) is 45.5 Å². The van der Waals surface area contributed by atoms with Gasteiger partial charge in [0.05, 0.1) is 5.02 Å². The normalized spacial score (nSPS) is 27.3. The highest BCUT2D eigenvalue weighted by atomic mass is 35.5. The minimum Gasteiger partial charge on any atom is -0.449 e. The Morgan fingerprint density at radius 3 is 2.68 bits per heavy atom. The van der Waals surface area contributed by atoms with E-state index >= 15 is 0 Å². The molecule has 5 rings (SSSR count). The number of fused-ring (bicyclic) bond motifs is 4. The fourth-order valence-corrected chi connectivity index (χ4v) is 4.10. The Morgan fingerprint density at radius 2 is 2.00 bits per heavy atom. The molecule has 3 aliphatic heterocycles. The Bertz CT molecular complexity index is 735. The zero-order valence-electron chi connectivity index (χ0n) is 11.9. The molecule has 1 amide bonds. The van der Waals surface area contributed by atoms with Crippen LogP contribution in [0.15, 0.2) is 22.6 Å². The second-order valence-corrected chi connectivity index (χ2v) is 6.98. The van der Waals surface area contributed by atoms with Crippen LogP contribution in [0.25, 0.3) is 11.0 Å². The number of furan rings is 1. The molecule has 3 fully saturated rings. The molecule has 4 heterocycles. The molecule has 1 N–H and O–H groups in total. The van der Waals surface area contributed by atoms with Crippen LogP contribution in [0, 0.1) is 5.92 Å². The van der Waals surface area contributed by atoms with Crippen molar-refractivity contribution in [2.45, 2.75) is 18.9 Å². The van der Waals surface area contributed by atoms with E-state index in [9.17, 15) is 4.79 Å². The van der Waals surface area contributed by atoms with Crippen molar-refractivity contribution in [2.75, 3.05) is 19.6 Å². The van der Waals surface area contributed by atoms with Crippen LogP contribution in [0.1, 0.15) is 23.4 Å². The molecule has 0 radical (unpaired) electrons. The number of piperidine rings is 3. The Balaban J connectivity index is 1.56. The van der Waals surface area contributed by atoms with Crippen LogP contribution >= 0.6 is 23.2 Å². The SMILES string of the molecule is O=C(N[C@H]1CN2CCC1CC2)c1cc2cc(Cl)cc(Cl)c2o1. The molecule has 22 heavy (non-hydrogen) atoms. The average Bonchev–Trinajstić information content (AvgIpc) is 2.93. The standard InChI is InChI=1S/C16H16Cl2N2O2/c17-11-5-10-6-14(22-15(10)12(18)7-11)16(21)19-13-8-20-3-1-9(13)2-4-20/h5-7,9,13H,1-4,8H2,(H,19,21)/t13-/m0/s1. The molecule has 0 unspecified atom stereocenters. The van der Waals surface area contributed by atoms with Crippen molar-refractivity contribution in [2.24, 2.45) is 5.92 Å². The van der Waals surface area contributed by atoms with Crippen molar-refractivity contribution in [1.29, 1.82) is 0 Å². The molecule has 3 aliphatic rings. The van der Waals surface area contributed by atoms with Crippen molar-refractivity contribution in [1.82, 2.24) is 10.2 Å². The van der Waals surface area contributed by atoms with Gasteiger partial charge >= 0.3 is 0 Å². The van der Waals surface area contributed by atoms with Gasteiger partial charge in [-0.2, -0.15) is 0 Å². The van der Waals surface area contributed by atoms with E-state index in [2.05, 4.69) is 10.2 Å². The maximum atomic E-state index is 12.5. The molecule has 0 aliphatic carbocycles. The summed E-state index contributed by atoms with van der Waals surface area (Å²) in [6.07, 6.45) is 2.32. The monoisotopic (exact) mass is 338 g/mol. The lowest BCUT2D eigenvalue weighted by molar-refractivity contribution is 0.0607. The van der Waals surface area contributed by atoms with Gasteiger partial charge in [-0.15, -0.1) is 0 Å². The van der Waals surface area contributed by atoms with Gasteiger partial charge in [0.25, 0.3) is 5.91 Å². The molecule has 0 saturated carbocycles. The van der Waals surface area contributed by atoms with Gasteiger partial charge in [-0.05, 0) is 50.0 Å². The molecule has 2 bridgehead atoms. The average molecular weight is 339 g/mol. The van der Waals surface area contributed by atoms with Gasteiger partial charge in [0.2, 0.25) is 0 Å². The molecular formula is C16H16Cl2N2O2. The van der Waals surface area contributed by atoms with Gasteiger partial charge in [0.1, 0.15) is 0 Å². The summed E-state index contributed by atoms with van der Waals surface area (Å²) in [5.74, 6) is 0.689. The summed E-state index contributed by atoms with van der Waals surface area (Å²) in [7, 11) is 0. The maximum absolute atomic E-state index is 12.5. The number of nitrogens with one attached hydrogen (secondary N) is 1. The lowest BCUT2D eigenvalue weighted by Crippen LogP contribution is -2.57. The number of halogens is 2. The summed E-state index contributed by atoms with van der Waals surface area (Å²) >= 11 is 12.1. The number of amides is 1. The first-order valence-electron chi connectivity index (χ1n) is 7.52. The molecule has 116 valence electrons. The molecule has 6 heteroatoms. The van der Waals surface area contributed by atoms with Crippen molar-refractivity contribution in [3.05, 3.63) is 34.0 Å². The lowest BCUT2D eigenvalue weighted by Gasteiger charge is -2.44. The fourth-order valence-electron chi connectivity index (χ4n) is 3.56. The van der Waals surface area contributed by atoms with E-state index in [4.69, 9.17) is 27.6 Å². The van der Waals surface area contributed by atoms with Crippen LogP contribution in [0.3, 0.4) is 0 Å². The number of hydrogen-bond donors (Lipinski definition) is 1.